The number of aliphatic carboxylic acids is 1. The Bertz CT molecular complexity index is 424. The van der Waals surface area contributed by atoms with Crippen molar-refractivity contribution in [2.45, 2.75) is 19.4 Å². The maximum absolute atomic E-state index is 11.5. The van der Waals surface area contributed by atoms with Gasteiger partial charge in [-0.2, -0.15) is 0 Å². The van der Waals surface area contributed by atoms with Gasteiger partial charge in [0.25, 0.3) is 0 Å². The zero-order valence-corrected chi connectivity index (χ0v) is 11.0. The second-order valence-corrected chi connectivity index (χ2v) is 6.45. The van der Waals surface area contributed by atoms with Gasteiger partial charge in [0.05, 0.1) is 5.75 Å². The highest BCUT2D eigenvalue weighted by Crippen LogP contribution is 2.15. The second-order valence-electron chi connectivity index (χ2n) is 4.19. The molecule has 17 heavy (non-hydrogen) atoms. The summed E-state index contributed by atoms with van der Waals surface area (Å²) in [5.74, 6) is -2.11. The van der Waals surface area contributed by atoms with Crippen molar-refractivity contribution in [3.63, 3.8) is 0 Å². The molecule has 0 radical (unpaired) electrons. The molecule has 6 nitrogen and oxygen atoms in total. The molecule has 0 saturated heterocycles. The second kappa shape index (κ2) is 5.31. The molecule has 0 aliphatic carbocycles. The molecule has 1 amide bonds. The fourth-order valence-electron chi connectivity index (χ4n) is 1.15. The van der Waals surface area contributed by atoms with Crippen LogP contribution in [0.1, 0.15) is 13.8 Å². The molecule has 1 N–H and O–H groups in total. The first-order chi connectivity index (χ1) is 7.52. The zero-order chi connectivity index (χ0) is 13.9. The van der Waals surface area contributed by atoms with Gasteiger partial charge in [0, 0.05) is 12.8 Å². The van der Waals surface area contributed by atoms with Crippen LogP contribution in [0.5, 0.6) is 0 Å². The van der Waals surface area contributed by atoms with E-state index in [1.807, 2.05) is 0 Å². The first-order valence-corrected chi connectivity index (χ1v) is 6.93. The van der Waals surface area contributed by atoms with Gasteiger partial charge in [-0.15, -0.1) is 0 Å². The molecule has 0 heterocycles. The van der Waals surface area contributed by atoms with Crippen molar-refractivity contribution in [2.24, 2.45) is 0 Å². The Labute approximate surface area is 101 Å². The van der Waals surface area contributed by atoms with Crippen LogP contribution in [0.25, 0.3) is 0 Å². The third-order valence-corrected chi connectivity index (χ3v) is 3.25. The van der Waals surface area contributed by atoms with E-state index in [9.17, 15) is 18.0 Å². The van der Waals surface area contributed by atoms with Gasteiger partial charge in [-0.25, -0.2) is 13.2 Å². The number of nitrogens with zero attached hydrogens (tertiary/aromatic N) is 1. The monoisotopic (exact) mass is 263 g/mol. The fraction of sp³-hybridized carbons (Fsp3) is 0.600. The van der Waals surface area contributed by atoms with E-state index in [2.05, 4.69) is 6.58 Å². The van der Waals surface area contributed by atoms with Gasteiger partial charge in [-0.05, 0) is 19.9 Å². The Morgan fingerprint density at radius 1 is 1.41 bits per heavy atom. The zero-order valence-electron chi connectivity index (χ0n) is 10.1. The van der Waals surface area contributed by atoms with Crippen molar-refractivity contribution < 1.29 is 23.1 Å². The van der Waals surface area contributed by atoms with Crippen molar-refractivity contribution in [1.82, 2.24) is 4.90 Å². The number of carboxylic acid groups (broad SMARTS) is 1. The van der Waals surface area contributed by atoms with Crippen LogP contribution < -0.4 is 0 Å². The standard InChI is InChI=1S/C10H17NO5S/c1-5-8(12)11(6-7-17(4,15)16)10(2,3)9(13)14/h5H,1,6-7H2,2-4H3,(H,13,14). The molecule has 7 heteroatoms. The molecule has 0 aromatic rings. The highest BCUT2D eigenvalue weighted by Gasteiger charge is 2.37. The number of carboxylic acids is 1. The average Bonchev–Trinajstić information content (AvgIpc) is 2.15. The minimum atomic E-state index is -3.27. The van der Waals surface area contributed by atoms with E-state index in [0.29, 0.717) is 0 Å². The van der Waals surface area contributed by atoms with Crippen LogP contribution >= 0.6 is 0 Å². The van der Waals surface area contributed by atoms with Gasteiger partial charge >= 0.3 is 5.97 Å². The largest absolute Gasteiger partial charge is 0.480 e. The smallest absolute Gasteiger partial charge is 0.329 e. The molecule has 0 saturated carbocycles. The lowest BCUT2D eigenvalue weighted by atomic mass is 10.0. The number of carbonyl (C=O) groups is 2. The van der Waals surface area contributed by atoms with Crippen LogP contribution in [0.15, 0.2) is 12.7 Å². The van der Waals surface area contributed by atoms with Crippen LogP contribution in [0.2, 0.25) is 0 Å². The lowest BCUT2D eigenvalue weighted by Crippen LogP contribution is -2.53. The fourth-order valence-corrected chi connectivity index (χ4v) is 1.66. The normalized spacial score (nSPS) is 11.9. The number of hydrogen-bond acceptors (Lipinski definition) is 4. The summed E-state index contributed by atoms with van der Waals surface area (Å²) < 4.78 is 22.1. The van der Waals surface area contributed by atoms with Gasteiger partial charge in [0.15, 0.2) is 0 Å². The van der Waals surface area contributed by atoms with Gasteiger partial charge in [-0.1, -0.05) is 6.58 Å². The molecule has 0 aliphatic heterocycles. The van der Waals surface area contributed by atoms with Gasteiger partial charge < -0.3 is 10.0 Å². The van der Waals surface area contributed by atoms with Crippen molar-refractivity contribution in [3.05, 3.63) is 12.7 Å². The Balaban J connectivity index is 5.10. The topological polar surface area (TPSA) is 91.8 Å². The summed E-state index contributed by atoms with van der Waals surface area (Å²) in [6.45, 7) is 5.75. The third kappa shape index (κ3) is 4.56. The van der Waals surface area contributed by atoms with Crippen LogP contribution in [0.3, 0.4) is 0 Å². The number of rotatable bonds is 6. The van der Waals surface area contributed by atoms with Crippen LogP contribution in [0, 0.1) is 0 Å². The molecule has 0 aliphatic rings. The number of carbonyl (C=O) groups excluding carboxylic acids is 1. The maximum atomic E-state index is 11.5. The molecule has 0 bridgehead atoms. The van der Waals surface area contributed by atoms with E-state index in [0.717, 1.165) is 17.2 Å². The molecule has 0 rings (SSSR count). The Morgan fingerprint density at radius 2 is 1.88 bits per heavy atom. The molecule has 98 valence electrons. The Hall–Kier alpha value is -1.37. The number of hydrogen-bond donors (Lipinski definition) is 1. The molecule has 0 aromatic heterocycles. The molecular formula is C10H17NO5S. The first-order valence-electron chi connectivity index (χ1n) is 4.87. The SMILES string of the molecule is C=CC(=O)N(CCS(C)(=O)=O)C(C)(C)C(=O)O. The minimum Gasteiger partial charge on any atom is -0.480 e. The van der Waals surface area contributed by atoms with E-state index in [1.165, 1.54) is 13.8 Å². The lowest BCUT2D eigenvalue weighted by Gasteiger charge is -2.34. The Kier molecular flexibility index (Phi) is 4.88. The number of sulfone groups is 1. The maximum Gasteiger partial charge on any atom is 0.329 e. The molecule has 0 fully saturated rings. The van der Waals surface area contributed by atoms with Gasteiger partial charge in [0.1, 0.15) is 15.4 Å². The summed E-state index contributed by atoms with van der Waals surface area (Å²) >= 11 is 0. The minimum absolute atomic E-state index is 0.178. The summed E-state index contributed by atoms with van der Waals surface area (Å²) in [6, 6.07) is 0. The van der Waals surface area contributed by atoms with E-state index in [-0.39, 0.29) is 12.3 Å². The summed E-state index contributed by atoms with van der Waals surface area (Å²) in [6.07, 6.45) is 1.99. The van der Waals surface area contributed by atoms with E-state index in [1.54, 1.807) is 0 Å². The third-order valence-electron chi connectivity index (χ3n) is 2.32. The molecule has 0 unspecified atom stereocenters. The van der Waals surface area contributed by atoms with E-state index in [4.69, 9.17) is 5.11 Å². The van der Waals surface area contributed by atoms with E-state index >= 15 is 0 Å². The Morgan fingerprint density at radius 3 is 2.18 bits per heavy atom. The van der Waals surface area contributed by atoms with Crippen molar-refractivity contribution in [3.8, 4) is 0 Å². The molecular weight excluding hydrogens is 246 g/mol. The van der Waals surface area contributed by atoms with Crippen molar-refractivity contribution in [1.29, 1.82) is 0 Å². The summed E-state index contributed by atoms with van der Waals surface area (Å²) in [5, 5.41) is 9.01. The summed E-state index contributed by atoms with van der Waals surface area (Å²) in [5.41, 5.74) is -1.48. The van der Waals surface area contributed by atoms with Crippen LogP contribution in [-0.2, 0) is 19.4 Å². The molecule has 0 spiro atoms. The highest BCUT2D eigenvalue weighted by molar-refractivity contribution is 7.90. The van der Waals surface area contributed by atoms with Gasteiger partial charge in [0.2, 0.25) is 5.91 Å². The van der Waals surface area contributed by atoms with Crippen molar-refractivity contribution >= 4 is 21.7 Å². The summed E-state index contributed by atoms with van der Waals surface area (Å²) in [4.78, 5) is 23.5. The quantitative estimate of drug-likeness (QED) is 0.676. The predicted octanol–water partition coefficient (Wildman–Crippen LogP) is -0.0912. The van der Waals surface area contributed by atoms with E-state index < -0.39 is 27.3 Å². The number of amides is 1. The lowest BCUT2D eigenvalue weighted by molar-refractivity contribution is -0.154. The molecule has 0 atom stereocenters. The predicted molar refractivity (Wildman–Crippen MR) is 63.3 cm³/mol. The highest BCUT2D eigenvalue weighted by atomic mass is 32.2. The van der Waals surface area contributed by atoms with Gasteiger partial charge in [-0.3, -0.25) is 4.79 Å². The average molecular weight is 263 g/mol. The molecule has 0 aromatic carbocycles. The first kappa shape index (κ1) is 15.6. The van der Waals surface area contributed by atoms with Crippen LogP contribution in [0.4, 0.5) is 0 Å². The summed E-state index contributed by atoms with van der Waals surface area (Å²) in [7, 11) is -3.27. The van der Waals surface area contributed by atoms with Crippen molar-refractivity contribution in [2.75, 3.05) is 18.6 Å². The van der Waals surface area contributed by atoms with Crippen LogP contribution in [-0.4, -0.2) is 54.4 Å².